The molecule has 0 saturated carbocycles. The molecule has 0 radical (unpaired) electrons. The van der Waals surface area contributed by atoms with Crippen LogP contribution in [0.25, 0.3) is 10.9 Å². The molecular formula is C30H32N6O3. The monoisotopic (exact) mass is 524 g/mol. The minimum Gasteiger partial charge on any atom is -0.468 e. The molecule has 1 saturated heterocycles. The molecule has 5 aromatic rings. The van der Waals surface area contributed by atoms with E-state index < -0.39 is 6.04 Å². The number of pyridine rings is 1. The molecule has 1 aliphatic rings. The van der Waals surface area contributed by atoms with Crippen LogP contribution < -0.4 is 5.56 Å². The summed E-state index contributed by atoms with van der Waals surface area (Å²) in [6.07, 6.45) is 3.69. The molecule has 39 heavy (non-hydrogen) atoms. The Morgan fingerprint density at radius 2 is 1.97 bits per heavy atom. The van der Waals surface area contributed by atoms with Gasteiger partial charge >= 0.3 is 0 Å². The van der Waals surface area contributed by atoms with Crippen LogP contribution in [0.4, 0.5) is 0 Å². The van der Waals surface area contributed by atoms with E-state index in [2.05, 4.69) is 56.6 Å². The SMILES string of the molecule is Cc1cc(C)c2[nH]c(=O)c([C@@H](c3nnnn3C[C@H]3CCCO3)N(Cc3ccccc3)Cc3ccco3)cc2c1. The lowest BCUT2D eigenvalue weighted by molar-refractivity contribution is 0.0901. The third kappa shape index (κ3) is 5.41. The highest BCUT2D eigenvalue weighted by atomic mass is 16.5. The summed E-state index contributed by atoms with van der Waals surface area (Å²) in [5, 5.41) is 13.9. The smallest absolute Gasteiger partial charge is 0.253 e. The van der Waals surface area contributed by atoms with Gasteiger partial charge in [-0.05, 0) is 77.9 Å². The van der Waals surface area contributed by atoms with Gasteiger partial charge in [-0.15, -0.1) is 5.10 Å². The summed E-state index contributed by atoms with van der Waals surface area (Å²) >= 11 is 0. The highest BCUT2D eigenvalue weighted by molar-refractivity contribution is 5.83. The molecule has 6 rings (SSSR count). The normalized spacial score (nSPS) is 16.3. The minimum atomic E-state index is -0.541. The van der Waals surface area contributed by atoms with Gasteiger partial charge in [-0.3, -0.25) is 9.69 Å². The number of ether oxygens (including phenoxy) is 1. The molecule has 1 aliphatic heterocycles. The van der Waals surface area contributed by atoms with Crippen molar-refractivity contribution in [3.05, 3.63) is 111 Å². The first-order valence-electron chi connectivity index (χ1n) is 13.4. The van der Waals surface area contributed by atoms with E-state index in [1.54, 1.807) is 10.9 Å². The van der Waals surface area contributed by atoms with Crippen molar-refractivity contribution in [1.82, 2.24) is 30.1 Å². The molecule has 2 aromatic carbocycles. The van der Waals surface area contributed by atoms with Crippen LogP contribution in [0.2, 0.25) is 0 Å². The van der Waals surface area contributed by atoms with E-state index in [1.807, 2.05) is 43.3 Å². The number of H-pyrrole nitrogens is 1. The lowest BCUT2D eigenvalue weighted by Gasteiger charge is -2.30. The lowest BCUT2D eigenvalue weighted by Crippen LogP contribution is -2.35. The zero-order chi connectivity index (χ0) is 26.8. The quantitative estimate of drug-likeness (QED) is 0.298. The second kappa shape index (κ2) is 11.0. The first kappa shape index (κ1) is 25.2. The van der Waals surface area contributed by atoms with E-state index in [4.69, 9.17) is 9.15 Å². The van der Waals surface area contributed by atoms with Gasteiger partial charge in [0.25, 0.3) is 5.56 Å². The fourth-order valence-corrected chi connectivity index (χ4v) is 5.58. The van der Waals surface area contributed by atoms with E-state index in [0.717, 1.165) is 52.8 Å². The summed E-state index contributed by atoms with van der Waals surface area (Å²) in [7, 11) is 0. The summed E-state index contributed by atoms with van der Waals surface area (Å²) < 4.78 is 13.5. The number of nitrogens with one attached hydrogen (secondary N) is 1. The third-order valence-corrected chi connectivity index (χ3v) is 7.35. The molecule has 9 heteroatoms. The van der Waals surface area contributed by atoms with Crippen LogP contribution in [-0.4, -0.2) is 42.8 Å². The average molecular weight is 525 g/mol. The molecule has 1 fully saturated rings. The van der Waals surface area contributed by atoms with Crippen LogP contribution in [0.1, 0.15) is 52.7 Å². The van der Waals surface area contributed by atoms with Crippen LogP contribution in [0.15, 0.2) is 76.1 Å². The summed E-state index contributed by atoms with van der Waals surface area (Å²) in [5.74, 6) is 1.39. The van der Waals surface area contributed by atoms with Gasteiger partial charge in [-0.25, -0.2) is 4.68 Å². The fraction of sp³-hybridized carbons (Fsp3) is 0.333. The van der Waals surface area contributed by atoms with Gasteiger partial charge in [0, 0.05) is 18.7 Å². The van der Waals surface area contributed by atoms with Crippen LogP contribution >= 0.6 is 0 Å². The lowest BCUT2D eigenvalue weighted by atomic mass is 10.00. The van der Waals surface area contributed by atoms with Crippen molar-refractivity contribution in [1.29, 1.82) is 0 Å². The molecule has 0 unspecified atom stereocenters. The van der Waals surface area contributed by atoms with Gasteiger partial charge in [-0.2, -0.15) is 0 Å². The number of furan rings is 1. The van der Waals surface area contributed by atoms with Crippen molar-refractivity contribution in [2.45, 2.75) is 58.5 Å². The number of rotatable bonds is 9. The van der Waals surface area contributed by atoms with Crippen molar-refractivity contribution < 1.29 is 9.15 Å². The zero-order valence-electron chi connectivity index (χ0n) is 22.2. The molecule has 0 amide bonds. The summed E-state index contributed by atoms with van der Waals surface area (Å²) in [6.45, 7) is 6.38. The molecule has 1 N–H and O–H groups in total. The minimum absolute atomic E-state index is 0.0423. The Labute approximate surface area is 226 Å². The molecule has 2 atom stereocenters. The van der Waals surface area contributed by atoms with Gasteiger partial charge in [0.05, 0.1) is 31.0 Å². The number of hydrogen-bond donors (Lipinski definition) is 1. The summed E-state index contributed by atoms with van der Waals surface area (Å²) in [4.78, 5) is 19.2. The maximum Gasteiger partial charge on any atom is 0.253 e. The van der Waals surface area contributed by atoms with E-state index in [-0.39, 0.29) is 11.7 Å². The number of benzene rings is 2. The van der Waals surface area contributed by atoms with Crippen LogP contribution in [0.3, 0.4) is 0 Å². The largest absolute Gasteiger partial charge is 0.468 e. The fourth-order valence-electron chi connectivity index (χ4n) is 5.58. The maximum atomic E-state index is 13.8. The highest BCUT2D eigenvalue weighted by Gasteiger charge is 2.32. The first-order chi connectivity index (χ1) is 19.0. The predicted molar refractivity (Wildman–Crippen MR) is 147 cm³/mol. The second-order valence-corrected chi connectivity index (χ2v) is 10.3. The van der Waals surface area contributed by atoms with Crippen LogP contribution in [0, 0.1) is 13.8 Å². The number of fused-ring (bicyclic) bond motifs is 1. The van der Waals surface area contributed by atoms with Crippen molar-refractivity contribution in [2.75, 3.05) is 6.61 Å². The zero-order valence-corrected chi connectivity index (χ0v) is 22.2. The summed E-state index contributed by atoms with van der Waals surface area (Å²) in [5.41, 5.74) is 4.53. The standard InChI is InChI=1S/C30H32N6O3/c1-20-14-21(2)27-23(15-20)16-26(30(37)31-27)28(29-32-33-34-36(29)19-25-11-7-13-39-25)35(18-24-10-6-12-38-24)17-22-8-4-3-5-9-22/h3-6,8-10,12,14-16,25,28H,7,11,13,17-19H2,1-2H3,(H,31,37)/t25-,28+/m1/s1. The Hall–Kier alpha value is -4.08. The van der Waals surface area contributed by atoms with Gasteiger partial charge in [0.1, 0.15) is 11.8 Å². The van der Waals surface area contributed by atoms with Gasteiger partial charge in [0.2, 0.25) is 0 Å². The maximum absolute atomic E-state index is 13.8. The van der Waals surface area contributed by atoms with Crippen molar-refractivity contribution >= 4 is 10.9 Å². The van der Waals surface area contributed by atoms with Gasteiger partial charge < -0.3 is 14.1 Å². The van der Waals surface area contributed by atoms with E-state index in [0.29, 0.717) is 31.0 Å². The van der Waals surface area contributed by atoms with Crippen LogP contribution in [-0.2, 0) is 24.4 Å². The predicted octanol–water partition coefficient (Wildman–Crippen LogP) is 4.70. The van der Waals surface area contributed by atoms with Crippen molar-refractivity contribution in [3.63, 3.8) is 0 Å². The molecule has 4 heterocycles. The number of aromatic amines is 1. The number of tetrazole rings is 1. The Morgan fingerprint density at radius 1 is 1.10 bits per heavy atom. The van der Waals surface area contributed by atoms with Crippen molar-refractivity contribution in [2.24, 2.45) is 0 Å². The van der Waals surface area contributed by atoms with Crippen molar-refractivity contribution in [3.8, 4) is 0 Å². The highest BCUT2D eigenvalue weighted by Crippen LogP contribution is 2.31. The second-order valence-electron chi connectivity index (χ2n) is 10.3. The number of aromatic nitrogens is 5. The van der Waals surface area contributed by atoms with E-state index >= 15 is 0 Å². The number of hydrogen-bond acceptors (Lipinski definition) is 7. The molecule has 0 aliphatic carbocycles. The number of nitrogens with zero attached hydrogens (tertiary/aromatic N) is 5. The average Bonchev–Trinajstić information content (AvgIpc) is 3.71. The van der Waals surface area contributed by atoms with E-state index in [1.165, 1.54) is 0 Å². The molecule has 0 spiro atoms. The Balaban J connectivity index is 1.52. The van der Waals surface area contributed by atoms with Gasteiger partial charge in [-0.1, -0.05) is 42.0 Å². The molecule has 200 valence electrons. The van der Waals surface area contributed by atoms with E-state index in [9.17, 15) is 4.79 Å². The number of aryl methyl sites for hydroxylation is 2. The third-order valence-electron chi connectivity index (χ3n) is 7.35. The Kier molecular flexibility index (Phi) is 7.08. The van der Waals surface area contributed by atoms with Crippen LogP contribution in [0.5, 0.6) is 0 Å². The molecular weight excluding hydrogens is 492 g/mol. The molecule has 9 nitrogen and oxygen atoms in total. The Bertz CT molecular complexity index is 1600. The first-order valence-corrected chi connectivity index (χ1v) is 13.4. The summed E-state index contributed by atoms with van der Waals surface area (Å²) in [6, 6.07) is 19.7. The molecule has 3 aromatic heterocycles. The molecule has 0 bridgehead atoms. The van der Waals surface area contributed by atoms with Gasteiger partial charge in [0.15, 0.2) is 5.82 Å². The topological polar surface area (TPSA) is 102 Å². The Morgan fingerprint density at radius 3 is 2.74 bits per heavy atom.